The minimum Gasteiger partial charge on any atom is -0.354 e. The summed E-state index contributed by atoms with van der Waals surface area (Å²) in [5.41, 5.74) is 5.58. The predicted molar refractivity (Wildman–Crippen MR) is 44.0 cm³/mol. The van der Waals surface area contributed by atoms with Crippen molar-refractivity contribution in [2.24, 2.45) is 11.7 Å². The molecule has 1 rings (SSSR count). The van der Waals surface area contributed by atoms with Crippen molar-refractivity contribution in [1.82, 2.24) is 5.32 Å². The smallest absolute Gasteiger partial charge is 0.236 e. The van der Waals surface area contributed by atoms with Crippen LogP contribution >= 0.6 is 0 Å². The van der Waals surface area contributed by atoms with E-state index in [-0.39, 0.29) is 11.9 Å². The first-order chi connectivity index (χ1) is 5.24. The Bertz CT molecular complexity index is 147. The number of carbonyl (C=O) groups is 1. The predicted octanol–water partition coefficient (Wildman–Crippen LogP) is 0.250. The van der Waals surface area contributed by atoms with Gasteiger partial charge < -0.3 is 11.1 Å². The molecule has 1 heterocycles. The van der Waals surface area contributed by atoms with Crippen molar-refractivity contribution in [3.63, 3.8) is 0 Å². The zero-order valence-electron chi connectivity index (χ0n) is 6.97. The summed E-state index contributed by atoms with van der Waals surface area (Å²) in [6, 6.07) is -0.272. The van der Waals surface area contributed by atoms with Gasteiger partial charge in [0.05, 0.1) is 6.04 Å². The van der Waals surface area contributed by atoms with Crippen molar-refractivity contribution >= 4 is 5.91 Å². The molecule has 1 fully saturated rings. The summed E-state index contributed by atoms with van der Waals surface area (Å²) in [6.45, 7) is 2.96. The molecule has 3 N–H and O–H groups in total. The molecular weight excluding hydrogens is 140 g/mol. The summed E-state index contributed by atoms with van der Waals surface area (Å²) in [6.07, 6.45) is 3.05. The highest BCUT2D eigenvalue weighted by atomic mass is 16.2. The van der Waals surface area contributed by atoms with Crippen molar-refractivity contribution in [3.05, 3.63) is 0 Å². The zero-order valence-corrected chi connectivity index (χ0v) is 6.97. The third-order valence-corrected chi connectivity index (χ3v) is 2.37. The highest BCUT2D eigenvalue weighted by Crippen LogP contribution is 2.13. The lowest BCUT2D eigenvalue weighted by Gasteiger charge is -2.09. The maximum absolute atomic E-state index is 11.0. The lowest BCUT2D eigenvalue weighted by atomic mass is 10.00. The largest absolute Gasteiger partial charge is 0.354 e. The Hall–Kier alpha value is -0.570. The Morgan fingerprint density at radius 3 is 3.00 bits per heavy atom. The lowest BCUT2D eigenvalue weighted by molar-refractivity contribution is -0.122. The summed E-state index contributed by atoms with van der Waals surface area (Å²) in [5, 5.41) is 2.83. The maximum Gasteiger partial charge on any atom is 0.236 e. The number of carbonyl (C=O) groups excluding carboxylic acids is 1. The molecular formula is C8H16N2O. The number of hydrogen-bond acceptors (Lipinski definition) is 2. The molecule has 3 nitrogen and oxygen atoms in total. The SMILES string of the molecule is CCC1CCC(N)C(=O)NC1. The van der Waals surface area contributed by atoms with Gasteiger partial charge in [-0.05, 0) is 18.8 Å². The van der Waals surface area contributed by atoms with Crippen molar-refractivity contribution in [1.29, 1.82) is 0 Å². The monoisotopic (exact) mass is 156 g/mol. The number of rotatable bonds is 1. The number of nitrogens with two attached hydrogens (primary N) is 1. The molecule has 1 aliphatic rings. The number of amides is 1. The van der Waals surface area contributed by atoms with E-state index < -0.39 is 0 Å². The van der Waals surface area contributed by atoms with Crippen LogP contribution in [-0.4, -0.2) is 18.5 Å². The van der Waals surface area contributed by atoms with E-state index in [9.17, 15) is 4.79 Å². The van der Waals surface area contributed by atoms with E-state index in [1.54, 1.807) is 0 Å². The van der Waals surface area contributed by atoms with Crippen LogP contribution < -0.4 is 11.1 Å². The lowest BCUT2D eigenvalue weighted by Crippen LogP contribution is -2.39. The van der Waals surface area contributed by atoms with Gasteiger partial charge in [-0.3, -0.25) is 4.79 Å². The Morgan fingerprint density at radius 1 is 1.64 bits per heavy atom. The third-order valence-electron chi connectivity index (χ3n) is 2.37. The van der Waals surface area contributed by atoms with Gasteiger partial charge >= 0.3 is 0 Å². The van der Waals surface area contributed by atoms with E-state index >= 15 is 0 Å². The van der Waals surface area contributed by atoms with Crippen molar-refractivity contribution in [2.75, 3.05) is 6.54 Å². The molecule has 64 valence electrons. The quantitative estimate of drug-likeness (QED) is 0.571. The van der Waals surface area contributed by atoms with Crippen LogP contribution in [0.1, 0.15) is 26.2 Å². The van der Waals surface area contributed by atoms with Crippen molar-refractivity contribution in [2.45, 2.75) is 32.2 Å². The van der Waals surface area contributed by atoms with Crippen LogP contribution in [0.15, 0.2) is 0 Å². The topological polar surface area (TPSA) is 55.1 Å². The van der Waals surface area contributed by atoms with Gasteiger partial charge in [-0.2, -0.15) is 0 Å². The minimum atomic E-state index is -0.272. The minimum absolute atomic E-state index is 0.0148. The fraction of sp³-hybridized carbons (Fsp3) is 0.875. The Labute approximate surface area is 67.3 Å². The first kappa shape index (κ1) is 8.53. The number of hydrogen-bond donors (Lipinski definition) is 2. The van der Waals surface area contributed by atoms with Crippen molar-refractivity contribution in [3.8, 4) is 0 Å². The van der Waals surface area contributed by atoms with Gasteiger partial charge in [0.15, 0.2) is 0 Å². The second-order valence-corrected chi connectivity index (χ2v) is 3.20. The van der Waals surface area contributed by atoms with E-state index in [1.165, 1.54) is 0 Å². The molecule has 11 heavy (non-hydrogen) atoms. The average molecular weight is 156 g/mol. The van der Waals surface area contributed by atoms with Gasteiger partial charge in [0, 0.05) is 6.54 Å². The van der Waals surface area contributed by atoms with E-state index in [0.717, 1.165) is 25.8 Å². The van der Waals surface area contributed by atoms with Crippen LogP contribution in [0, 0.1) is 5.92 Å². The van der Waals surface area contributed by atoms with E-state index in [0.29, 0.717) is 5.92 Å². The van der Waals surface area contributed by atoms with Gasteiger partial charge in [-0.15, -0.1) is 0 Å². The van der Waals surface area contributed by atoms with E-state index in [4.69, 9.17) is 5.73 Å². The molecule has 0 bridgehead atoms. The molecule has 0 aromatic rings. The molecule has 0 aliphatic carbocycles. The van der Waals surface area contributed by atoms with E-state index in [2.05, 4.69) is 12.2 Å². The molecule has 3 heteroatoms. The second-order valence-electron chi connectivity index (χ2n) is 3.20. The molecule has 0 spiro atoms. The van der Waals surface area contributed by atoms with Crippen LogP contribution in [0.2, 0.25) is 0 Å². The standard InChI is InChI=1S/C8H16N2O/c1-2-6-3-4-7(9)8(11)10-5-6/h6-7H,2-5,9H2,1H3,(H,10,11). The fourth-order valence-corrected chi connectivity index (χ4v) is 1.37. The summed E-state index contributed by atoms with van der Waals surface area (Å²) in [4.78, 5) is 11.0. The van der Waals surface area contributed by atoms with Gasteiger partial charge in [-0.25, -0.2) is 0 Å². The summed E-state index contributed by atoms with van der Waals surface area (Å²) >= 11 is 0. The molecule has 1 amide bonds. The molecule has 1 saturated heterocycles. The van der Waals surface area contributed by atoms with E-state index in [1.807, 2.05) is 0 Å². The summed E-state index contributed by atoms with van der Waals surface area (Å²) in [7, 11) is 0. The van der Waals surface area contributed by atoms with Gasteiger partial charge in [0.25, 0.3) is 0 Å². The summed E-state index contributed by atoms with van der Waals surface area (Å²) < 4.78 is 0. The molecule has 0 saturated carbocycles. The van der Waals surface area contributed by atoms with Crippen LogP contribution in [0.5, 0.6) is 0 Å². The first-order valence-corrected chi connectivity index (χ1v) is 4.27. The highest BCUT2D eigenvalue weighted by Gasteiger charge is 2.20. The fourth-order valence-electron chi connectivity index (χ4n) is 1.37. The molecule has 2 atom stereocenters. The van der Waals surface area contributed by atoms with Gasteiger partial charge in [0.2, 0.25) is 5.91 Å². The van der Waals surface area contributed by atoms with Crippen molar-refractivity contribution < 1.29 is 4.79 Å². The zero-order chi connectivity index (χ0) is 8.27. The maximum atomic E-state index is 11.0. The average Bonchev–Trinajstić information content (AvgIpc) is 2.16. The Balaban J connectivity index is 2.44. The highest BCUT2D eigenvalue weighted by molar-refractivity contribution is 5.81. The molecule has 0 radical (unpaired) electrons. The normalized spacial score (nSPS) is 32.7. The Kier molecular flexibility index (Phi) is 2.88. The van der Waals surface area contributed by atoms with Gasteiger partial charge in [0.1, 0.15) is 0 Å². The summed E-state index contributed by atoms with van der Waals surface area (Å²) in [5.74, 6) is 0.647. The Morgan fingerprint density at radius 2 is 2.36 bits per heavy atom. The number of nitrogens with one attached hydrogen (secondary N) is 1. The van der Waals surface area contributed by atoms with Crippen LogP contribution in [-0.2, 0) is 4.79 Å². The molecule has 2 unspecified atom stereocenters. The first-order valence-electron chi connectivity index (χ1n) is 4.27. The molecule has 0 aromatic carbocycles. The van der Waals surface area contributed by atoms with Crippen LogP contribution in [0.4, 0.5) is 0 Å². The molecule has 0 aromatic heterocycles. The second kappa shape index (κ2) is 3.72. The van der Waals surface area contributed by atoms with Crippen LogP contribution in [0.25, 0.3) is 0 Å². The third kappa shape index (κ3) is 2.19. The molecule has 1 aliphatic heterocycles. The van der Waals surface area contributed by atoms with Gasteiger partial charge in [-0.1, -0.05) is 13.3 Å². The van der Waals surface area contributed by atoms with Crippen LogP contribution in [0.3, 0.4) is 0 Å².